The number of benzene rings is 1. The molecule has 1 aromatic rings. The number of Topliss-reactive ketones (excluding diaryl/α,β-unsaturated/α-hetero) is 1. The molecule has 464 valence electrons. The fourth-order valence-electron chi connectivity index (χ4n) is 10.3. The van der Waals surface area contributed by atoms with E-state index in [0.717, 1.165) is 44.9 Å². The molecule has 0 aromatic heterocycles. The Morgan fingerprint density at radius 1 is 0.585 bits per heavy atom. The molecule has 1 aromatic carbocycles. The Balaban J connectivity index is 2.30. The van der Waals surface area contributed by atoms with Gasteiger partial charge in [-0.2, -0.15) is 0 Å². The second-order valence-corrected chi connectivity index (χ2v) is 25.9. The lowest BCUT2D eigenvalue weighted by Gasteiger charge is -2.41. The van der Waals surface area contributed by atoms with Gasteiger partial charge in [0.05, 0.1) is 0 Å². The number of ketones is 1. The molecule has 7 atom stereocenters. The molecule has 1 fully saturated rings. The minimum absolute atomic E-state index is 0.0297. The quantitative estimate of drug-likeness (QED) is 0.0222. The summed E-state index contributed by atoms with van der Waals surface area (Å²) in [4.78, 5) is 142. The standard InChI is InChI=1S/C62H106N10O10/c1-17-18-19-20-21-25-32-50(72(39-73)49-31-27-26-30-45(49)52(75)44-28-23-22-24-29-44)56(79)66-48(37-42(6)7)55(78)68-61(11,12)58(81)67-46(35-40(2)3)53(76)65-47(36-41(4)5)54(77)69-62(13,14)59(82)70-60(9,10)57(80)63-34-33-51(74)64-43(8)38-71(15)16/h22-24,28-29,39-43,45-50H,17-21,25-27,30-38H2,1-16H3,(H,63,80)(H,64,74)(H,65,76)(H,66,79)(H,67,81)(H,68,78)(H,69,77)(H,70,82)/t43-,45-,46-,47-,48-,49+,50-/m0/s1. The summed E-state index contributed by atoms with van der Waals surface area (Å²) in [5.74, 6) is -5.59. The largest absolute Gasteiger partial charge is 0.354 e. The summed E-state index contributed by atoms with van der Waals surface area (Å²) in [6, 6.07) is 3.94. The summed E-state index contributed by atoms with van der Waals surface area (Å²) in [5, 5.41) is 22.4. The molecule has 0 bridgehead atoms. The number of nitrogens with zero attached hydrogens (tertiary/aromatic N) is 2. The predicted octanol–water partition coefficient (Wildman–Crippen LogP) is 5.86. The Kier molecular flexibility index (Phi) is 30.5. The summed E-state index contributed by atoms with van der Waals surface area (Å²) in [6.07, 6.45) is 9.94. The Morgan fingerprint density at radius 3 is 1.60 bits per heavy atom. The van der Waals surface area contributed by atoms with Crippen LogP contribution in [0.4, 0.5) is 0 Å². The Hall–Kier alpha value is -5.92. The monoisotopic (exact) mass is 1150 g/mol. The van der Waals surface area contributed by atoms with Crippen LogP contribution >= 0.6 is 0 Å². The number of hydrogen-bond acceptors (Lipinski definition) is 11. The first-order valence-electron chi connectivity index (χ1n) is 30.2. The predicted molar refractivity (Wildman–Crippen MR) is 321 cm³/mol. The van der Waals surface area contributed by atoms with Crippen molar-refractivity contribution in [3.05, 3.63) is 35.9 Å². The third-order valence-corrected chi connectivity index (χ3v) is 14.8. The van der Waals surface area contributed by atoms with Gasteiger partial charge in [0.1, 0.15) is 40.8 Å². The lowest BCUT2D eigenvalue weighted by molar-refractivity contribution is -0.140. The van der Waals surface area contributed by atoms with Crippen LogP contribution in [-0.2, 0) is 43.2 Å². The van der Waals surface area contributed by atoms with Gasteiger partial charge in [-0.3, -0.25) is 47.9 Å². The fourth-order valence-corrected chi connectivity index (χ4v) is 10.3. The van der Waals surface area contributed by atoms with Crippen LogP contribution in [0.2, 0.25) is 0 Å². The van der Waals surface area contributed by atoms with Crippen molar-refractivity contribution in [3.63, 3.8) is 0 Å². The second kappa shape index (κ2) is 34.6. The molecular formula is C62H106N10O10. The molecule has 8 N–H and O–H groups in total. The Morgan fingerprint density at radius 2 is 1.07 bits per heavy atom. The van der Waals surface area contributed by atoms with Crippen LogP contribution in [0, 0.1) is 23.7 Å². The molecule has 0 unspecified atom stereocenters. The van der Waals surface area contributed by atoms with Crippen LogP contribution in [0.1, 0.15) is 204 Å². The van der Waals surface area contributed by atoms with E-state index in [-0.39, 0.29) is 67.7 Å². The van der Waals surface area contributed by atoms with Crippen LogP contribution in [0.3, 0.4) is 0 Å². The van der Waals surface area contributed by atoms with Crippen LogP contribution in [0.5, 0.6) is 0 Å². The van der Waals surface area contributed by atoms with Gasteiger partial charge < -0.3 is 52.3 Å². The van der Waals surface area contributed by atoms with E-state index in [4.69, 9.17) is 0 Å². The zero-order valence-electron chi connectivity index (χ0n) is 52.7. The maximum Gasteiger partial charge on any atom is 0.246 e. The van der Waals surface area contributed by atoms with Crippen molar-refractivity contribution in [2.45, 2.75) is 246 Å². The average Bonchev–Trinajstić information content (AvgIpc) is 3.58. The lowest BCUT2D eigenvalue weighted by Crippen LogP contribution is -2.65. The van der Waals surface area contributed by atoms with Crippen molar-refractivity contribution in [1.82, 2.24) is 52.3 Å². The SMILES string of the molecule is CCCCCCCC[C@@H](C(=O)N[C@@H](CC(C)C)C(=O)NC(C)(C)C(=O)N[C@@H](CC(C)C)C(=O)N[C@@H](CC(C)C)C(=O)NC(C)(C)C(=O)NC(C)(C)C(=O)NCCC(=O)N[C@@H](C)CN(C)C)N(C=O)[C@@H]1CCCC[C@@H]1C(=O)c1ccccc1. The lowest BCUT2D eigenvalue weighted by atomic mass is 9.78. The Bertz CT molecular complexity index is 2250. The molecule has 0 heterocycles. The number of rotatable bonds is 37. The molecule has 1 aliphatic carbocycles. The van der Waals surface area contributed by atoms with Crippen molar-refractivity contribution in [2.24, 2.45) is 23.7 Å². The molecule has 20 nitrogen and oxygen atoms in total. The van der Waals surface area contributed by atoms with Gasteiger partial charge in [-0.05, 0) is 119 Å². The van der Waals surface area contributed by atoms with E-state index in [1.807, 2.05) is 73.5 Å². The highest BCUT2D eigenvalue weighted by Crippen LogP contribution is 2.33. The third-order valence-electron chi connectivity index (χ3n) is 14.8. The fraction of sp³-hybridized carbons (Fsp3) is 0.742. The van der Waals surface area contributed by atoms with Crippen molar-refractivity contribution < 1.29 is 47.9 Å². The van der Waals surface area contributed by atoms with E-state index in [1.54, 1.807) is 24.3 Å². The second-order valence-electron chi connectivity index (χ2n) is 25.9. The van der Waals surface area contributed by atoms with Gasteiger partial charge in [-0.15, -0.1) is 0 Å². The number of amides is 9. The summed E-state index contributed by atoms with van der Waals surface area (Å²) >= 11 is 0. The first kappa shape index (κ1) is 72.2. The minimum Gasteiger partial charge on any atom is -0.354 e. The molecule has 1 aliphatic rings. The van der Waals surface area contributed by atoms with Crippen molar-refractivity contribution in [1.29, 1.82) is 0 Å². The highest BCUT2D eigenvalue weighted by Gasteiger charge is 2.43. The molecular weight excluding hydrogens is 1040 g/mol. The van der Waals surface area contributed by atoms with E-state index in [1.165, 1.54) is 46.4 Å². The molecule has 9 amide bonds. The highest BCUT2D eigenvalue weighted by molar-refractivity contribution is 6.00. The molecule has 0 saturated heterocycles. The van der Waals surface area contributed by atoms with E-state index in [0.29, 0.717) is 44.2 Å². The number of nitrogens with one attached hydrogen (secondary N) is 8. The minimum atomic E-state index is -1.64. The Labute approximate surface area is 490 Å². The number of unbranched alkanes of at least 4 members (excludes halogenated alkanes) is 5. The van der Waals surface area contributed by atoms with Crippen LogP contribution in [-0.4, -0.2) is 149 Å². The molecule has 0 spiro atoms. The van der Waals surface area contributed by atoms with Crippen LogP contribution in [0.25, 0.3) is 0 Å². The maximum atomic E-state index is 14.7. The first-order chi connectivity index (χ1) is 38.3. The van der Waals surface area contributed by atoms with Gasteiger partial charge >= 0.3 is 0 Å². The van der Waals surface area contributed by atoms with Crippen LogP contribution < -0.4 is 42.5 Å². The molecule has 82 heavy (non-hydrogen) atoms. The van der Waals surface area contributed by atoms with E-state index >= 15 is 0 Å². The number of carbonyl (C=O) groups excluding carboxylic acids is 10. The van der Waals surface area contributed by atoms with Crippen molar-refractivity contribution >= 4 is 59.5 Å². The van der Waals surface area contributed by atoms with Gasteiger partial charge in [-0.25, -0.2) is 0 Å². The highest BCUT2D eigenvalue weighted by atomic mass is 16.2. The number of carbonyl (C=O) groups is 10. The first-order valence-corrected chi connectivity index (χ1v) is 30.2. The van der Waals surface area contributed by atoms with E-state index in [9.17, 15) is 47.9 Å². The van der Waals surface area contributed by atoms with Crippen molar-refractivity contribution in [2.75, 3.05) is 27.2 Å². The normalized spacial score (nSPS) is 16.7. The van der Waals surface area contributed by atoms with E-state index in [2.05, 4.69) is 49.5 Å². The molecule has 0 aliphatic heterocycles. The summed E-state index contributed by atoms with van der Waals surface area (Å²) in [7, 11) is 3.80. The van der Waals surface area contributed by atoms with E-state index < -0.39 is 94.1 Å². The maximum absolute atomic E-state index is 14.7. The smallest absolute Gasteiger partial charge is 0.246 e. The summed E-state index contributed by atoms with van der Waals surface area (Å²) in [6.45, 7) is 24.9. The van der Waals surface area contributed by atoms with Gasteiger partial charge in [0.2, 0.25) is 53.7 Å². The number of hydrogen-bond donors (Lipinski definition) is 8. The van der Waals surface area contributed by atoms with Gasteiger partial charge in [0.15, 0.2) is 5.78 Å². The molecule has 0 radical (unpaired) electrons. The zero-order chi connectivity index (χ0) is 62.1. The van der Waals surface area contributed by atoms with Crippen molar-refractivity contribution in [3.8, 4) is 0 Å². The van der Waals surface area contributed by atoms with Gasteiger partial charge in [-0.1, -0.05) is 130 Å². The third kappa shape index (κ3) is 24.9. The average molecular weight is 1150 g/mol. The van der Waals surface area contributed by atoms with Crippen LogP contribution in [0.15, 0.2) is 30.3 Å². The molecule has 2 rings (SSSR count). The molecule has 1 saturated carbocycles. The van der Waals surface area contributed by atoms with Gasteiger partial charge in [0.25, 0.3) is 0 Å². The zero-order valence-corrected chi connectivity index (χ0v) is 52.7. The topological polar surface area (TPSA) is 273 Å². The van der Waals surface area contributed by atoms with Gasteiger partial charge in [0, 0.05) is 43.1 Å². The summed E-state index contributed by atoms with van der Waals surface area (Å²) < 4.78 is 0. The summed E-state index contributed by atoms with van der Waals surface area (Å²) in [5.41, 5.74) is -4.12. The number of likely N-dealkylation sites (N-methyl/N-ethyl adjacent to an activating group) is 1. The molecule has 20 heteroatoms.